The van der Waals surface area contributed by atoms with E-state index in [0.29, 0.717) is 44.9 Å². The van der Waals surface area contributed by atoms with Crippen LogP contribution in [0.15, 0.2) is 36.4 Å². The number of nitrogens with one attached hydrogen (secondary N) is 2. The van der Waals surface area contributed by atoms with Gasteiger partial charge in [0.2, 0.25) is 0 Å². The minimum absolute atomic E-state index is 0. The number of hydrogen-bond acceptors (Lipinski definition) is 8. The quantitative estimate of drug-likeness (QED) is 0.319. The predicted octanol–water partition coefficient (Wildman–Crippen LogP) is 2.96. The van der Waals surface area contributed by atoms with Crippen LogP contribution in [-0.4, -0.2) is 36.9 Å². The molecule has 36 heavy (non-hydrogen) atoms. The Morgan fingerprint density at radius 1 is 1.22 bits per heavy atom. The van der Waals surface area contributed by atoms with E-state index in [2.05, 4.69) is 10.6 Å². The lowest BCUT2D eigenvalue weighted by atomic mass is 9.70. The van der Waals surface area contributed by atoms with Crippen LogP contribution in [-0.2, 0) is 10.3 Å². The largest absolute Gasteiger partial charge is 0.491 e. The maximum absolute atomic E-state index is 13.8. The van der Waals surface area contributed by atoms with Crippen LogP contribution in [0.3, 0.4) is 0 Å². The summed E-state index contributed by atoms with van der Waals surface area (Å²) in [7, 11) is 0. The van der Waals surface area contributed by atoms with Crippen LogP contribution in [0.4, 0.5) is 5.69 Å². The Hall–Kier alpha value is -2.69. The molecule has 1 aromatic heterocycles. The summed E-state index contributed by atoms with van der Waals surface area (Å²) in [4.78, 5) is 27.6. The number of benzene rings is 2. The molecule has 1 fully saturated rings. The van der Waals surface area contributed by atoms with Gasteiger partial charge in [0.15, 0.2) is 5.78 Å². The van der Waals surface area contributed by atoms with Crippen LogP contribution in [0, 0.1) is 0 Å². The van der Waals surface area contributed by atoms with Crippen LogP contribution in [0.1, 0.15) is 59.1 Å². The molecular weight excluding hydrogens is 498 g/mol. The van der Waals surface area contributed by atoms with Crippen molar-refractivity contribution in [2.45, 2.75) is 50.4 Å². The van der Waals surface area contributed by atoms with Gasteiger partial charge in [0.05, 0.1) is 21.7 Å². The molecule has 3 atom stereocenters. The Kier molecular flexibility index (Phi) is 7.32. The second kappa shape index (κ2) is 9.99. The SMILES string of the molecule is CC(C)Oc1ccc(C2(N)C(=O)C(N)c3c(C(=O)NC4CCCNC4)sc4c(N)ccc2c34)cc1.Cl. The first-order valence-corrected chi connectivity index (χ1v) is 12.8. The summed E-state index contributed by atoms with van der Waals surface area (Å²) in [5.74, 6) is 0.0957. The Morgan fingerprint density at radius 3 is 2.58 bits per heavy atom. The standard InChI is InChI=1S/C26H31N5O3S.ClH/c1-13(2)34-16-7-5-14(6-8-16)26(29)17-9-10-18(27)22-19(17)20(21(28)24(26)32)23(35-22)25(33)31-15-4-3-11-30-12-15;/h5-10,13,15,21,30H,3-4,11-12,27-29H2,1-2H3,(H,31,33);1H. The van der Waals surface area contributed by atoms with Gasteiger partial charge in [-0.25, -0.2) is 0 Å². The normalized spacial score (nSPS) is 23.4. The van der Waals surface area contributed by atoms with Gasteiger partial charge in [0.25, 0.3) is 5.91 Å². The van der Waals surface area contributed by atoms with Crippen LogP contribution >= 0.6 is 23.7 Å². The topological polar surface area (TPSA) is 145 Å². The zero-order valence-electron chi connectivity index (χ0n) is 20.3. The monoisotopic (exact) mass is 529 g/mol. The lowest BCUT2D eigenvalue weighted by molar-refractivity contribution is -0.124. The molecule has 2 heterocycles. The number of Topliss-reactive ketones (excluding diaryl/α,β-unsaturated/α-hetero) is 1. The van der Waals surface area contributed by atoms with Crippen molar-refractivity contribution >= 4 is 51.2 Å². The van der Waals surface area contributed by atoms with E-state index in [1.165, 1.54) is 11.3 Å². The maximum Gasteiger partial charge on any atom is 0.262 e. The molecule has 2 aromatic carbocycles. The van der Waals surface area contributed by atoms with Crippen molar-refractivity contribution < 1.29 is 14.3 Å². The average molecular weight is 530 g/mol. The van der Waals surface area contributed by atoms with Gasteiger partial charge < -0.3 is 32.6 Å². The van der Waals surface area contributed by atoms with Gasteiger partial charge in [-0.05, 0) is 62.6 Å². The molecule has 10 heteroatoms. The Morgan fingerprint density at radius 2 is 1.94 bits per heavy atom. The molecule has 192 valence electrons. The van der Waals surface area contributed by atoms with Crippen molar-refractivity contribution in [2.75, 3.05) is 18.8 Å². The molecule has 2 aliphatic rings. The molecule has 0 bridgehead atoms. The smallest absolute Gasteiger partial charge is 0.262 e. The maximum atomic E-state index is 13.8. The molecule has 5 rings (SSSR count). The number of halogens is 1. The number of hydrogen-bond donors (Lipinski definition) is 5. The zero-order valence-corrected chi connectivity index (χ0v) is 21.9. The number of nitrogens with two attached hydrogens (primary N) is 3. The highest BCUT2D eigenvalue weighted by molar-refractivity contribution is 7.21. The molecule has 1 aliphatic heterocycles. The summed E-state index contributed by atoms with van der Waals surface area (Å²) < 4.78 is 6.47. The third-order valence-electron chi connectivity index (χ3n) is 6.83. The van der Waals surface area contributed by atoms with Gasteiger partial charge in [0, 0.05) is 29.2 Å². The molecule has 8 N–H and O–H groups in total. The number of ketones is 1. The molecule has 1 saturated heterocycles. The fourth-order valence-electron chi connectivity index (χ4n) is 5.14. The third kappa shape index (κ3) is 4.25. The third-order valence-corrected chi connectivity index (χ3v) is 8.09. The molecule has 0 radical (unpaired) electrons. The summed E-state index contributed by atoms with van der Waals surface area (Å²) in [6.45, 7) is 5.56. The van der Waals surface area contributed by atoms with Crippen LogP contribution in [0.2, 0.25) is 0 Å². The van der Waals surface area contributed by atoms with Crippen molar-refractivity contribution in [3.8, 4) is 5.75 Å². The second-order valence-electron chi connectivity index (χ2n) is 9.61. The number of amides is 1. The Balaban J connectivity index is 0.00000304. The van der Waals surface area contributed by atoms with Crippen molar-refractivity contribution in [1.82, 2.24) is 10.6 Å². The fourth-order valence-corrected chi connectivity index (χ4v) is 6.34. The lowest BCUT2D eigenvalue weighted by Gasteiger charge is -2.36. The molecule has 0 saturated carbocycles. The van der Waals surface area contributed by atoms with Crippen molar-refractivity contribution in [3.63, 3.8) is 0 Å². The first-order chi connectivity index (χ1) is 16.7. The number of carbonyl (C=O) groups excluding carboxylic acids is 2. The number of ether oxygens (including phenoxy) is 1. The van der Waals surface area contributed by atoms with E-state index < -0.39 is 11.6 Å². The molecule has 1 aliphatic carbocycles. The first-order valence-electron chi connectivity index (χ1n) is 11.9. The lowest BCUT2D eigenvalue weighted by Crippen LogP contribution is -2.52. The summed E-state index contributed by atoms with van der Waals surface area (Å²) in [5, 5.41) is 7.11. The Labute approximate surface area is 220 Å². The van der Waals surface area contributed by atoms with E-state index in [4.69, 9.17) is 21.9 Å². The van der Waals surface area contributed by atoms with Crippen LogP contribution < -0.4 is 32.6 Å². The van der Waals surface area contributed by atoms with E-state index >= 15 is 0 Å². The minimum atomic E-state index is -1.48. The highest BCUT2D eigenvalue weighted by Gasteiger charge is 2.48. The van der Waals surface area contributed by atoms with E-state index in [1.807, 2.05) is 13.8 Å². The van der Waals surface area contributed by atoms with Crippen LogP contribution in [0.25, 0.3) is 10.1 Å². The van der Waals surface area contributed by atoms with Gasteiger partial charge in [-0.15, -0.1) is 23.7 Å². The molecule has 8 nitrogen and oxygen atoms in total. The predicted molar refractivity (Wildman–Crippen MR) is 146 cm³/mol. The number of carbonyl (C=O) groups is 2. The Bertz CT molecular complexity index is 1300. The van der Waals surface area contributed by atoms with E-state index in [0.717, 1.165) is 24.1 Å². The summed E-state index contributed by atoms with van der Waals surface area (Å²) in [6, 6.07) is 9.70. The highest BCUT2D eigenvalue weighted by Crippen LogP contribution is 2.49. The number of piperidine rings is 1. The van der Waals surface area contributed by atoms with Crippen molar-refractivity contribution in [2.24, 2.45) is 11.5 Å². The number of nitrogen functional groups attached to an aromatic ring is 1. The van der Waals surface area contributed by atoms with E-state index in [-0.39, 0.29) is 36.2 Å². The summed E-state index contributed by atoms with van der Waals surface area (Å²) >= 11 is 1.27. The number of anilines is 1. The van der Waals surface area contributed by atoms with Gasteiger partial charge in [-0.2, -0.15) is 0 Å². The molecule has 1 amide bonds. The van der Waals surface area contributed by atoms with Crippen LogP contribution in [0.5, 0.6) is 5.75 Å². The first kappa shape index (κ1) is 26.4. The van der Waals surface area contributed by atoms with Crippen molar-refractivity contribution in [3.05, 3.63) is 58.0 Å². The highest BCUT2D eigenvalue weighted by atomic mass is 35.5. The number of thiophene rings is 1. The second-order valence-corrected chi connectivity index (χ2v) is 10.6. The van der Waals surface area contributed by atoms with E-state index in [9.17, 15) is 9.59 Å². The van der Waals surface area contributed by atoms with E-state index in [1.54, 1.807) is 36.4 Å². The minimum Gasteiger partial charge on any atom is -0.491 e. The van der Waals surface area contributed by atoms with Gasteiger partial charge >= 0.3 is 0 Å². The van der Waals surface area contributed by atoms with Gasteiger partial charge in [0.1, 0.15) is 11.3 Å². The molecule has 3 unspecified atom stereocenters. The van der Waals surface area contributed by atoms with Gasteiger partial charge in [-0.3, -0.25) is 9.59 Å². The molecule has 0 spiro atoms. The summed E-state index contributed by atoms with van der Waals surface area (Å²) in [5.41, 5.74) is 20.6. The fraction of sp³-hybridized carbons (Fsp3) is 0.385. The zero-order chi connectivity index (χ0) is 24.9. The average Bonchev–Trinajstić information content (AvgIpc) is 3.25. The molecular formula is C26H32ClN5O3S. The van der Waals surface area contributed by atoms with Crippen molar-refractivity contribution in [1.29, 1.82) is 0 Å². The molecule has 3 aromatic rings. The number of rotatable bonds is 5. The van der Waals surface area contributed by atoms with Gasteiger partial charge in [-0.1, -0.05) is 18.2 Å². The summed E-state index contributed by atoms with van der Waals surface area (Å²) in [6.07, 6.45) is 1.92.